The molecule has 0 bridgehead atoms. The molecule has 1 aromatic carbocycles. The van der Waals surface area contributed by atoms with Crippen LogP contribution in [0.3, 0.4) is 0 Å². The van der Waals surface area contributed by atoms with E-state index < -0.39 is 0 Å². The van der Waals surface area contributed by atoms with Crippen molar-refractivity contribution in [2.24, 2.45) is 0 Å². The van der Waals surface area contributed by atoms with Crippen LogP contribution in [0.2, 0.25) is 0 Å². The lowest BCUT2D eigenvalue weighted by molar-refractivity contribution is 0.148. The summed E-state index contributed by atoms with van der Waals surface area (Å²) < 4.78 is 5.31. The fourth-order valence-electron chi connectivity index (χ4n) is 2.52. The van der Waals surface area contributed by atoms with Gasteiger partial charge in [-0.25, -0.2) is 0 Å². The highest BCUT2D eigenvalue weighted by atomic mass is 16.5. The number of benzene rings is 1. The van der Waals surface area contributed by atoms with Crippen LogP contribution >= 0.6 is 0 Å². The van der Waals surface area contributed by atoms with E-state index in [1.807, 2.05) is 6.92 Å². The largest absolute Gasteiger partial charge is 0.380 e. The van der Waals surface area contributed by atoms with Gasteiger partial charge in [0.05, 0.1) is 6.61 Å². The van der Waals surface area contributed by atoms with Crippen LogP contribution < -0.4 is 10.2 Å². The molecule has 0 atom stereocenters. The zero-order valence-corrected chi connectivity index (χ0v) is 12.6. The molecule has 1 heterocycles. The molecule has 1 N–H and O–H groups in total. The van der Waals surface area contributed by atoms with Gasteiger partial charge in [-0.05, 0) is 19.1 Å². The summed E-state index contributed by atoms with van der Waals surface area (Å²) in [6, 6.07) is 10.7. The number of anilines is 1. The molecule has 0 spiro atoms. The molecule has 1 aliphatic rings. The summed E-state index contributed by atoms with van der Waals surface area (Å²) in [5.41, 5.74) is 1.35. The molecule has 1 aliphatic heterocycles. The second-order valence-corrected chi connectivity index (χ2v) is 5.11. The average molecular weight is 277 g/mol. The Morgan fingerprint density at radius 1 is 1.05 bits per heavy atom. The lowest BCUT2D eigenvalue weighted by atomic mass is 10.2. The van der Waals surface area contributed by atoms with Gasteiger partial charge in [-0.3, -0.25) is 4.90 Å². The zero-order chi connectivity index (χ0) is 14.0. The van der Waals surface area contributed by atoms with Crippen LogP contribution in [-0.4, -0.2) is 63.9 Å². The molecule has 20 heavy (non-hydrogen) atoms. The van der Waals surface area contributed by atoms with Gasteiger partial charge in [0, 0.05) is 58.1 Å². The van der Waals surface area contributed by atoms with Crippen LogP contribution in [0.5, 0.6) is 0 Å². The molecule has 0 amide bonds. The van der Waals surface area contributed by atoms with Gasteiger partial charge in [-0.2, -0.15) is 0 Å². The Balaban J connectivity index is 1.58. The maximum absolute atomic E-state index is 5.31. The van der Waals surface area contributed by atoms with E-state index in [2.05, 4.69) is 45.4 Å². The first-order valence-electron chi connectivity index (χ1n) is 7.71. The van der Waals surface area contributed by atoms with Gasteiger partial charge in [0.15, 0.2) is 0 Å². The number of hydrogen-bond donors (Lipinski definition) is 1. The van der Waals surface area contributed by atoms with E-state index in [9.17, 15) is 0 Å². The fraction of sp³-hybridized carbons (Fsp3) is 0.625. The van der Waals surface area contributed by atoms with Crippen molar-refractivity contribution < 1.29 is 4.74 Å². The lowest BCUT2D eigenvalue weighted by Crippen LogP contribution is -2.48. The van der Waals surface area contributed by atoms with Crippen LogP contribution in [0.15, 0.2) is 30.3 Å². The first-order valence-corrected chi connectivity index (χ1v) is 7.71. The number of rotatable bonds is 8. The van der Waals surface area contributed by atoms with Crippen molar-refractivity contribution >= 4 is 5.69 Å². The van der Waals surface area contributed by atoms with E-state index in [0.717, 1.165) is 59.0 Å². The van der Waals surface area contributed by atoms with Crippen molar-refractivity contribution in [1.29, 1.82) is 0 Å². The third kappa shape index (κ3) is 5.12. The molecule has 2 rings (SSSR count). The standard InChI is InChI=1S/C16H27N3O/c1-2-20-15-9-17-8-10-18-11-13-19(14-12-18)16-6-4-3-5-7-16/h3-7,17H,2,8-15H2,1H3. The topological polar surface area (TPSA) is 27.7 Å². The van der Waals surface area contributed by atoms with Crippen LogP contribution in [0.1, 0.15) is 6.92 Å². The normalized spacial score (nSPS) is 16.6. The van der Waals surface area contributed by atoms with Gasteiger partial charge in [0.2, 0.25) is 0 Å². The SMILES string of the molecule is CCOCCNCCN1CCN(c2ccccc2)CC1. The second kappa shape index (κ2) is 8.95. The molecule has 1 aromatic rings. The molecular weight excluding hydrogens is 250 g/mol. The molecule has 1 saturated heterocycles. The highest BCUT2D eigenvalue weighted by molar-refractivity contribution is 5.46. The van der Waals surface area contributed by atoms with Gasteiger partial charge >= 0.3 is 0 Å². The highest BCUT2D eigenvalue weighted by Crippen LogP contribution is 2.15. The Morgan fingerprint density at radius 3 is 2.50 bits per heavy atom. The number of nitrogens with zero attached hydrogens (tertiary/aromatic N) is 2. The van der Waals surface area contributed by atoms with Crippen LogP contribution in [0, 0.1) is 0 Å². The molecule has 1 fully saturated rings. The summed E-state index contributed by atoms with van der Waals surface area (Å²) in [7, 11) is 0. The first kappa shape index (κ1) is 15.3. The summed E-state index contributed by atoms with van der Waals surface area (Å²) in [5, 5.41) is 3.43. The summed E-state index contributed by atoms with van der Waals surface area (Å²) in [6.45, 7) is 11.4. The molecule has 0 aliphatic carbocycles. The predicted octanol–water partition coefficient (Wildman–Crippen LogP) is 1.43. The Bertz CT molecular complexity index is 350. The number of hydrogen-bond acceptors (Lipinski definition) is 4. The molecule has 112 valence electrons. The smallest absolute Gasteiger partial charge is 0.0590 e. The van der Waals surface area contributed by atoms with Crippen molar-refractivity contribution in [3.8, 4) is 0 Å². The monoisotopic (exact) mass is 277 g/mol. The van der Waals surface area contributed by atoms with Gasteiger partial charge < -0.3 is 15.0 Å². The van der Waals surface area contributed by atoms with Crippen LogP contribution in [-0.2, 0) is 4.74 Å². The third-order valence-corrected chi connectivity index (χ3v) is 3.73. The molecule has 0 saturated carbocycles. The van der Waals surface area contributed by atoms with E-state index in [-0.39, 0.29) is 0 Å². The summed E-state index contributed by atoms with van der Waals surface area (Å²) >= 11 is 0. The van der Waals surface area contributed by atoms with Crippen LogP contribution in [0.25, 0.3) is 0 Å². The summed E-state index contributed by atoms with van der Waals surface area (Å²) in [6.07, 6.45) is 0. The zero-order valence-electron chi connectivity index (χ0n) is 12.6. The number of nitrogens with one attached hydrogen (secondary N) is 1. The van der Waals surface area contributed by atoms with Gasteiger partial charge in [0.1, 0.15) is 0 Å². The fourth-order valence-corrected chi connectivity index (χ4v) is 2.52. The first-order chi connectivity index (χ1) is 9.90. The second-order valence-electron chi connectivity index (χ2n) is 5.11. The average Bonchev–Trinajstić information content (AvgIpc) is 2.52. The molecule has 0 unspecified atom stereocenters. The number of ether oxygens (including phenoxy) is 1. The van der Waals surface area contributed by atoms with Crippen molar-refractivity contribution in [3.63, 3.8) is 0 Å². The predicted molar refractivity (Wildman–Crippen MR) is 84.5 cm³/mol. The van der Waals surface area contributed by atoms with Crippen molar-refractivity contribution in [2.45, 2.75) is 6.92 Å². The van der Waals surface area contributed by atoms with E-state index in [1.165, 1.54) is 5.69 Å². The Labute approximate surface area is 122 Å². The minimum absolute atomic E-state index is 0.809. The van der Waals surface area contributed by atoms with E-state index >= 15 is 0 Å². The van der Waals surface area contributed by atoms with Crippen molar-refractivity contribution in [3.05, 3.63) is 30.3 Å². The number of piperazine rings is 1. The Morgan fingerprint density at radius 2 is 1.80 bits per heavy atom. The maximum atomic E-state index is 5.31. The summed E-state index contributed by atoms with van der Waals surface area (Å²) in [4.78, 5) is 5.01. The minimum Gasteiger partial charge on any atom is -0.380 e. The van der Waals surface area contributed by atoms with E-state index in [4.69, 9.17) is 4.74 Å². The van der Waals surface area contributed by atoms with Gasteiger partial charge in [-0.15, -0.1) is 0 Å². The van der Waals surface area contributed by atoms with Crippen molar-refractivity contribution in [1.82, 2.24) is 10.2 Å². The Hall–Kier alpha value is -1.10. The summed E-state index contributed by atoms with van der Waals surface area (Å²) in [5.74, 6) is 0. The Kier molecular flexibility index (Phi) is 6.84. The molecular formula is C16H27N3O. The molecule has 0 aromatic heterocycles. The third-order valence-electron chi connectivity index (χ3n) is 3.73. The minimum atomic E-state index is 0.809. The molecule has 0 radical (unpaired) electrons. The number of para-hydroxylation sites is 1. The molecule has 4 nitrogen and oxygen atoms in total. The van der Waals surface area contributed by atoms with Gasteiger partial charge in [0.25, 0.3) is 0 Å². The highest BCUT2D eigenvalue weighted by Gasteiger charge is 2.16. The lowest BCUT2D eigenvalue weighted by Gasteiger charge is -2.36. The van der Waals surface area contributed by atoms with E-state index in [1.54, 1.807) is 0 Å². The van der Waals surface area contributed by atoms with Crippen molar-refractivity contribution in [2.75, 3.05) is 63.9 Å². The molecule has 4 heteroatoms. The maximum Gasteiger partial charge on any atom is 0.0590 e. The van der Waals surface area contributed by atoms with E-state index in [0.29, 0.717) is 0 Å². The quantitative estimate of drug-likeness (QED) is 0.728. The van der Waals surface area contributed by atoms with Crippen LogP contribution in [0.4, 0.5) is 5.69 Å². The van der Waals surface area contributed by atoms with Gasteiger partial charge in [-0.1, -0.05) is 18.2 Å².